The smallest absolute Gasteiger partial charge is 0.319 e. The Balaban J connectivity index is 2.51. The van der Waals surface area contributed by atoms with Crippen LogP contribution in [0.5, 0.6) is 0 Å². The number of nitrogens with zero attached hydrogens (tertiary/aromatic N) is 2. The summed E-state index contributed by atoms with van der Waals surface area (Å²) in [5.74, 6) is 0.596. The van der Waals surface area contributed by atoms with Gasteiger partial charge in [-0.25, -0.2) is 4.79 Å². The third kappa shape index (κ3) is 3.87. The molecule has 1 heterocycles. The second-order valence-electron chi connectivity index (χ2n) is 5.14. The molecule has 0 spiro atoms. The number of likely N-dealkylation sites (tertiary alicyclic amines) is 1. The van der Waals surface area contributed by atoms with E-state index in [9.17, 15) is 4.79 Å². The van der Waals surface area contributed by atoms with E-state index in [4.69, 9.17) is 0 Å². The first-order chi connectivity index (χ1) is 8.10. The number of piperidine rings is 1. The fourth-order valence-corrected chi connectivity index (χ4v) is 2.50. The summed E-state index contributed by atoms with van der Waals surface area (Å²) < 4.78 is 0. The Labute approximate surface area is 105 Å². The summed E-state index contributed by atoms with van der Waals surface area (Å²) in [6, 6.07) is 0.739. The fraction of sp³-hybridized carbons (Fsp3) is 0.923. The second-order valence-corrected chi connectivity index (χ2v) is 5.14. The van der Waals surface area contributed by atoms with E-state index < -0.39 is 0 Å². The number of hydrogen-bond acceptors (Lipinski definition) is 2. The highest BCUT2D eigenvalue weighted by Crippen LogP contribution is 2.20. The van der Waals surface area contributed by atoms with Crippen molar-refractivity contribution in [2.45, 2.75) is 39.2 Å². The highest BCUT2D eigenvalue weighted by molar-refractivity contribution is 5.73. The standard InChI is InChI=1S/C13H27N3O/c1-5-8-14-12-7-9-16(10-11(12)6-2)13(17)15(3)4/h11-12,14H,5-10H2,1-4H3. The van der Waals surface area contributed by atoms with E-state index in [0.717, 1.165) is 32.5 Å². The lowest BCUT2D eigenvalue weighted by Gasteiger charge is -2.39. The predicted octanol–water partition coefficient (Wildman–Crippen LogP) is 1.77. The van der Waals surface area contributed by atoms with Crippen LogP contribution in [-0.2, 0) is 0 Å². The van der Waals surface area contributed by atoms with E-state index in [1.807, 2.05) is 19.0 Å². The van der Waals surface area contributed by atoms with Crippen LogP contribution in [0, 0.1) is 5.92 Å². The summed E-state index contributed by atoms with van der Waals surface area (Å²) in [4.78, 5) is 15.6. The summed E-state index contributed by atoms with van der Waals surface area (Å²) >= 11 is 0. The number of carbonyl (C=O) groups excluding carboxylic acids is 1. The lowest BCUT2D eigenvalue weighted by molar-refractivity contribution is 0.124. The molecule has 1 saturated heterocycles. The van der Waals surface area contributed by atoms with Crippen LogP contribution in [0.25, 0.3) is 0 Å². The van der Waals surface area contributed by atoms with E-state index in [1.54, 1.807) is 4.90 Å². The van der Waals surface area contributed by atoms with Crippen LogP contribution in [0.1, 0.15) is 33.1 Å². The van der Waals surface area contributed by atoms with Crippen molar-refractivity contribution in [2.75, 3.05) is 33.7 Å². The Morgan fingerprint density at radius 2 is 2.12 bits per heavy atom. The maximum Gasteiger partial charge on any atom is 0.319 e. The molecule has 0 aromatic rings. The number of carbonyl (C=O) groups is 1. The molecule has 0 aliphatic carbocycles. The molecule has 2 amide bonds. The molecule has 2 atom stereocenters. The third-order valence-electron chi connectivity index (χ3n) is 3.57. The summed E-state index contributed by atoms with van der Waals surface area (Å²) in [6.45, 7) is 7.28. The second kappa shape index (κ2) is 6.84. The fourth-order valence-electron chi connectivity index (χ4n) is 2.50. The van der Waals surface area contributed by atoms with Gasteiger partial charge in [-0.05, 0) is 25.3 Å². The van der Waals surface area contributed by atoms with Gasteiger partial charge < -0.3 is 15.1 Å². The van der Waals surface area contributed by atoms with Crippen molar-refractivity contribution in [1.29, 1.82) is 0 Å². The molecule has 0 saturated carbocycles. The van der Waals surface area contributed by atoms with E-state index >= 15 is 0 Å². The number of rotatable bonds is 4. The molecule has 1 aliphatic heterocycles. The minimum Gasteiger partial charge on any atom is -0.331 e. The normalized spacial score (nSPS) is 24.8. The topological polar surface area (TPSA) is 35.6 Å². The molecule has 0 aromatic heterocycles. The van der Waals surface area contributed by atoms with Crippen molar-refractivity contribution in [1.82, 2.24) is 15.1 Å². The van der Waals surface area contributed by atoms with Gasteiger partial charge in [0.1, 0.15) is 0 Å². The minimum atomic E-state index is 0.150. The molecule has 1 fully saturated rings. The Morgan fingerprint density at radius 3 is 2.65 bits per heavy atom. The van der Waals surface area contributed by atoms with Crippen molar-refractivity contribution in [3.8, 4) is 0 Å². The quantitative estimate of drug-likeness (QED) is 0.814. The Morgan fingerprint density at radius 1 is 1.41 bits per heavy atom. The van der Waals surface area contributed by atoms with Crippen LogP contribution < -0.4 is 5.32 Å². The summed E-state index contributed by atoms with van der Waals surface area (Å²) in [5, 5.41) is 3.61. The van der Waals surface area contributed by atoms with Gasteiger partial charge in [-0.3, -0.25) is 0 Å². The highest BCUT2D eigenvalue weighted by Gasteiger charge is 2.30. The largest absolute Gasteiger partial charge is 0.331 e. The number of amides is 2. The SMILES string of the molecule is CCCNC1CCN(C(=O)N(C)C)CC1CC. The van der Waals surface area contributed by atoms with Crippen LogP contribution >= 0.6 is 0 Å². The predicted molar refractivity (Wildman–Crippen MR) is 71.1 cm³/mol. The van der Waals surface area contributed by atoms with Gasteiger partial charge in [0.05, 0.1) is 0 Å². The average molecular weight is 241 g/mol. The number of nitrogens with one attached hydrogen (secondary N) is 1. The molecule has 4 nitrogen and oxygen atoms in total. The lowest BCUT2D eigenvalue weighted by Crippen LogP contribution is -2.53. The van der Waals surface area contributed by atoms with Crippen LogP contribution in [0.2, 0.25) is 0 Å². The molecule has 17 heavy (non-hydrogen) atoms. The van der Waals surface area contributed by atoms with Gasteiger partial charge in [0.2, 0.25) is 0 Å². The summed E-state index contributed by atoms with van der Waals surface area (Å²) in [6.07, 6.45) is 3.39. The average Bonchev–Trinajstić information content (AvgIpc) is 2.35. The first-order valence-electron chi connectivity index (χ1n) is 6.79. The van der Waals surface area contributed by atoms with Crippen LogP contribution in [0.3, 0.4) is 0 Å². The third-order valence-corrected chi connectivity index (χ3v) is 3.57. The first kappa shape index (κ1) is 14.3. The molecule has 1 rings (SSSR count). The van der Waals surface area contributed by atoms with Gasteiger partial charge in [-0.2, -0.15) is 0 Å². The van der Waals surface area contributed by atoms with Gasteiger partial charge in [0.25, 0.3) is 0 Å². The van der Waals surface area contributed by atoms with E-state index in [2.05, 4.69) is 19.2 Å². The minimum absolute atomic E-state index is 0.150. The summed E-state index contributed by atoms with van der Waals surface area (Å²) in [7, 11) is 3.65. The maximum absolute atomic E-state index is 11.9. The molecule has 1 N–H and O–H groups in total. The Hall–Kier alpha value is -0.770. The van der Waals surface area contributed by atoms with Crippen molar-refractivity contribution in [2.24, 2.45) is 5.92 Å². The van der Waals surface area contributed by atoms with Crippen LogP contribution in [0.4, 0.5) is 4.79 Å². The molecule has 0 aromatic carbocycles. The number of urea groups is 1. The zero-order valence-electron chi connectivity index (χ0n) is 11.7. The molecule has 0 radical (unpaired) electrons. The van der Waals surface area contributed by atoms with Crippen LogP contribution in [-0.4, -0.2) is 55.6 Å². The molecular formula is C13H27N3O. The van der Waals surface area contributed by atoms with Crippen LogP contribution in [0.15, 0.2) is 0 Å². The molecule has 4 heteroatoms. The number of hydrogen-bond donors (Lipinski definition) is 1. The van der Waals surface area contributed by atoms with E-state index in [1.165, 1.54) is 6.42 Å². The van der Waals surface area contributed by atoms with E-state index in [-0.39, 0.29) is 6.03 Å². The van der Waals surface area contributed by atoms with E-state index in [0.29, 0.717) is 12.0 Å². The van der Waals surface area contributed by atoms with Gasteiger partial charge in [0.15, 0.2) is 0 Å². The highest BCUT2D eigenvalue weighted by atomic mass is 16.2. The molecule has 100 valence electrons. The zero-order chi connectivity index (χ0) is 12.8. The Bertz CT molecular complexity index is 243. The molecular weight excluding hydrogens is 214 g/mol. The van der Waals surface area contributed by atoms with Crippen molar-refractivity contribution in [3.05, 3.63) is 0 Å². The molecule has 1 aliphatic rings. The molecule has 0 bridgehead atoms. The van der Waals surface area contributed by atoms with Gasteiger partial charge >= 0.3 is 6.03 Å². The van der Waals surface area contributed by atoms with Crippen molar-refractivity contribution in [3.63, 3.8) is 0 Å². The van der Waals surface area contributed by atoms with Gasteiger partial charge in [-0.15, -0.1) is 0 Å². The first-order valence-corrected chi connectivity index (χ1v) is 6.79. The van der Waals surface area contributed by atoms with Crippen molar-refractivity contribution >= 4 is 6.03 Å². The van der Waals surface area contributed by atoms with Gasteiger partial charge in [-0.1, -0.05) is 20.3 Å². The van der Waals surface area contributed by atoms with Crippen molar-refractivity contribution < 1.29 is 4.79 Å². The molecule has 2 unspecified atom stereocenters. The summed E-state index contributed by atoms with van der Waals surface area (Å²) in [5.41, 5.74) is 0. The zero-order valence-corrected chi connectivity index (χ0v) is 11.7. The Kier molecular flexibility index (Phi) is 5.75. The van der Waals surface area contributed by atoms with Gasteiger partial charge in [0, 0.05) is 33.2 Å². The maximum atomic E-state index is 11.9. The lowest BCUT2D eigenvalue weighted by atomic mass is 9.90. The monoisotopic (exact) mass is 241 g/mol.